The van der Waals surface area contributed by atoms with Crippen molar-refractivity contribution in [3.05, 3.63) is 71.3 Å². The molecule has 2 bridgehead atoms. The number of rotatable bonds is 7. The number of hydrogen-bond donors (Lipinski definition) is 2. The first-order valence-electron chi connectivity index (χ1n) is 12.0. The van der Waals surface area contributed by atoms with Crippen molar-refractivity contribution in [1.29, 1.82) is 0 Å². The standard InChI is InChI=1S/C27H27ClFN3O4/c1-17-14-26(32-24(34)22-15-30-25(36-22)18-5-3-2-4-6-18)9-11-27(17,12-10-26)31-23(33)16-35-19-7-8-20(28)21(29)13-19/h2-8,13,15,17H,9-12,14,16H2,1H3,(H,31,33)(H,32,34)/t17-,26?,27?/m0/s1. The first-order valence-corrected chi connectivity index (χ1v) is 12.4. The average Bonchev–Trinajstić information content (AvgIpc) is 3.37. The number of oxazole rings is 1. The maximum atomic E-state index is 13.6. The van der Waals surface area contributed by atoms with Crippen LogP contribution >= 0.6 is 11.6 Å². The normalized spacial score (nSPS) is 24.8. The fourth-order valence-corrected chi connectivity index (χ4v) is 5.62. The highest BCUT2D eigenvalue weighted by Crippen LogP contribution is 2.50. The number of ether oxygens (including phenoxy) is 1. The van der Waals surface area contributed by atoms with Crippen LogP contribution in [0.4, 0.5) is 4.39 Å². The highest BCUT2D eigenvalue weighted by atomic mass is 35.5. The van der Waals surface area contributed by atoms with E-state index in [4.69, 9.17) is 20.8 Å². The van der Waals surface area contributed by atoms with Crippen LogP contribution < -0.4 is 15.4 Å². The number of fused-ring (bicyclic) bond motifs is 3. The molecular formula is C27H27ClFN3O4. The van der Waals surface area contributed by atoms with Crippen molar-refractivity contribution >= 4 is 23.4 Å². The van der Waals surface area contributed by atoms with Gasteiger partial charge in [-0.2, -0.15) is 0 Å². The van der Waals surface area contributed by atoms with Crippen LogP contribution in [0.5, 0.6) is 5.75 Å². The zero-order valence-corrected chi connectivity index (χ0v) is 20.6. The third-order valence-electron chi connectivity index (χ3n) is 7.52. The van der Waals surface area contributed by atoms with Crippen LogP contribution in [0.2, 0.25) is 5.02 Å². The molecule has 2 amide bonds. The lowest BCUT2D eigenvalue weighted by molar-refractivity contribution is -0.128. The molecule has 0 aliphatic heterocycles. The molecule has 7 nitrogen and oxygen atoms in total. The minimum atomic E-state index is -0.596. The molecule has 0 radical (unpaired) electrons. The number of carbonyl (C=O) groups is 2. The Hall–Kier alpha value is -3.39. The minimum absolute atomic E-state index is 0.000513. The maximum absolute atomic E-state index is 13.6. The van der Waals surface area contributed by atoms with Crippen LogP contribution in [0.1, 0.15) is 49.6 Å². The van der Waals surface area contributed by atoms with Crippen LogP contribution in [-0.4, -0.2) is 34.5 Å². The van der Waals surface area contributed by atoms with E-state index in [-0.39, 0.29) is 51.9 Å². The van der Waals surface area contributed by atoms with Crippen molar-refractivity contribution in [2.24, 2.45) is 5.92 Å². The van der Waals surface area contributed by atoms with Gasteiger partial charge in [0, 0.05) is 22.7 Å². The first-order chi connectivity index (χ1) is 17.3. The Morgan fingerprint density at radius 1 is 1.14 bits per heavy atom. The summed E-state index contributed by atoms with van der Waals surface area (Å²) in [6, 6.07) is 13.5. The molecule has 36 heavy (non-hydrogen) atoms. The Morgan fingerprint density at radius 2 is 1.89 bits per heavy atom. The van der Waals surface area contributed by atoms with Crippen molar-refractivity contribution in [3.63, 3.8) is 0 Å². The summed E-state index contributed by atoms with van der Waals surface area (Å²) in [5.41, 5.74) is 0.106. The van der Waals surface area contributed by atoms with Crippen molar-refractivity contribution < 1.29 is 23.1 Å². The zero-order chi connectivity index (χ0) is 25.3. The van der Waals surface area contributed by atoms with E-state index in [2.05, 4.69) is 22.5 Å². The molecule has 0 spiro atoms. The van der Waals surface area contributed by atoms with Crippen LogP contribution in [0, 0.1) is 11.7 Å². The average molecular weight is 512 g/mol. The number of nitrogens with one attached hydrogen (secondary N) is 2. The van der Waals surface area contributed by atoms with Gasteiger partial charge in [-0.3, -0.25) is 9.59 Å². The van der Waals surface area contributed by atoms with E-state index in [1.807, 2.05) is 30.3 Å². The minimum Gasteiger partial charge on any atom is -0.484 e. The van der Waals surface area contributed by atoms with Gasteiger partial charge >= 0.3 is 0 Å². The molecule has 3 aliphatic rings. The summed E-state index contributed by atoms with van der Waals surface area (Å²) < 4.78 is 24.8. The maximum Gasteiger partial charge on any atom is 0.289 e. The number of hydrogen-bond acceptors (Lipinski definition) is 5. The smallest absolute Gasteiger partial charge is 0.289 e. The molecule has 3 aromatic rings. The van der Waals surface area contributed by atoms with Gasteiger partial charge in [0.25, 0.3) is 11.8 Å². The number of benzene rings is 2. The number of nitrogens with zero attached hydrogens (tertiary/aromatic N) is 1. The molecule has 188 valence electrons. The number of carbonyl (C=O) groups excluding carboxylic acids is 2. The summed E-state index contributed by atoms with van der Waals surface area (Å²) in [5, 5.41) is 6.37. The van der Waals surface area contributed by atoms with Crippen molar-refractivity contribution in [2.75, 3.05) is 6.61 Å². The number of aromatic nitrogens is 1. The lowest BCUT2D eigenvalue weighted by atomic mass is 9.56. The second-order valence-corrected chi connectivity index (χ2v) is 10.2. The SMILES string of the molecule is C[C@H]1CC2(NC(=O)c3cnc(-c4ccccc4)o3)CCC1(NC(=O)COc1ccc(Cl)c(F)c1)CC2. The molecule has 1 atom stereocenters. The van der Waals surface area contributed by atoms with Crippen molar-refractivity contribution in [3.8, 4) is 17.2 Å². The van der Waals surface area contributed by atoms with Crippen LogP contribution in [0.15, 0.2) is 59.1 Å². The predicted molar refractivity (Wildman–Crippen MR) is 132 cm³/mol. The lowest BCUT2D eigenvalue weighted by Gasteiger charge is -2.57. The molecule has 2 N–H and O–H groups in total. The Kier molecular flexibility index (Phi) is 6.47. The summed E-state index contributed by atoms with van der Waals surface area (Å²) >= 11 is 5.69. The lowest BCUT2D eigenvalue weighted by Crippen LogP contribution is -2.67. The van der Waals surface area contributed by atoms with Crippen molar-refractivity contribution in [2.45, 2.75) is 50.1 Å². The summed E-state index contributed by atoms with van der Waals surface area (Å²) in [6.45, 7) is 1.88. The molecule has 2 aromatic carbocycles. The molecule has 0 saturated heterocycles. The topological polar surface area (TPSA) is 93.5 Å². The van der Waals surface area contributed by atoms with E-state index in [1.54, 1.807) is 0 Å². The molecular weight excluding hydrogens is 485 g/mol. The van der Waals surface area contributed by atoms with E-state index in [0.29, 0.717) is 5.89 Å². The van der Waals surface area contributed by atoms with Crippen LogP contribution in [0.3, 0.4) is 0 Å². The Morgan fingerprint density at radius 3 is 2.58 bits per heavy atom. The van der Waals surface area contributed by atoms with Gasteiger partial charge in [-0.1, -0.05) is 36.7 Å². The Labute approximate surface area is 213 Å². The summed E-state index contributed by atoms with van der Waals surface area (Å²) in [5.74, 6) is -0.154. The monoisotopic (exact) mass is 511 g/mol. The van der Waals surface area contributed by atoms with Crippen molar-refractivity contribution in [1.82, 2.24) is 15.6 Å². The molecule has 9 heteroatoms. The van der Waals surface area contributed by atoms with Crippen LogP contribution in [0.25, 0.3) is 11.5 Å². The van der Waals surface area contributed by atoms with E-state index in [1.165, 1.54) is 18.3 Å². The predicted octanol–water partition coefficient (Wildman–Crippen LogP) is 5.15. The summed E-state index contributed by atoms with van der Waals surface area (Å²) in [6.07, 6.45) is 5.16. The fourth-order valence-electron chi connectivity index (χ4n) is 5.50. The summed E-state index contributed by atoms with van der Waals surface area (Å²) in [4.78, 5) is 29.9. The molecule has 0 unspecified atom stereocenters. The molecule has 6 rings (SSSR count). The van der Waals surface area contributed by atoms with Gasteiger partial charge in [-0.15, -0.1) is 0 Å². The van der Waals surface area contributed by atoms with Gasteiger partial charge in [-0.25, -0.2) is 9.37 Å². The van der Waals surface area contributed by atoms with Gasteiger partial charge in [0.1, 0.15) is 11.6 Å². The number of halogens is 2. The molecule has 1 aromatic heterocycles. The van der Waals surface area contributed by atoms with Gasteiger partial charge in [-0.05, 0) is 62.3 Å². The van der Waals surface area contributed by atoms with Gasteiger partial charge in [0.2, 0.25) is 11.7 Å². The molecule has 1 heterocycles. The highest BCUT2D eigenvalue weighted by Gasteiger charge is 2.54. The third kappa shape index (κ3) is 4.82. The van der Waals surface area contributed by atoms with Crippen LogP contribution in [-0.2, 0) is 4.79 Å². The zero-order valence-electron chi connectivity index (χ0n) is 19.9. The number of amides is 2. The van der Waals surface area contributed by atoms with Gasteiger partial charge in [0.05, 0.1) is 11.2 Å². The third-order valence-corrected chi connectivity index (χ3v) is 7.82. The largest absolute Gasteiger partial charge is 0.484 e. The second kappa shape index (κ2) is 9.58. The fraction of sp³-hybridized carbons (Fsp3) is 0.370. The second-order valence-electron chi connectivity index (χ2n) is 9.80. The quantitative estimate of drug-likeness (QED) is 0.457. The highest BCUT2D eigenvalue weighted by molar-refractivity contribution is 6.30. The molecule has 3 aliphatic carbocycles. The first kappa shape index (κ1) is 24.3. The van der Waals surface area contributed by atoms with Gasteiger partial charge < -0.3 is 19.8 Å². The molecule has 3 fully saturated rings. The van der Waals surface area contributed by atoms with E-state index < -0.39 is 5.82 Å². The van der Waals surface area contributed by atoms with E-state index >= 15 is 0 Å². The Bertz CT molecular complexity index is 1270. The molecule has 3 saturated carbocycles. The van der Waals surface area contributed by atoms with Gasteiger partial charge in [0.15, 0.2) is 6.61 Å². The van der Waals surface area contributed by atoms with E-state index in [0.717, 1.165) is 43.7 Å². The Balaban J connectivity index is 1.18. The van der Waals surface area contributed by atoms with E-state index in [9.17, 15) is 14.0 Å². The summed E-state index contributed by atoms with van der Waals surface area (Å²) in [7, 11) is 0.